The quantitative estimate of drug-likeness (QED) is 0.532. The molecule has 1 saturated carbocycles. The average Bonchev–Trinajstić information content (AvgIpc) is 2.96. The van der Waals surface area contributed by atoms with Gasteiger partial charge < -0.3 is 14.9 Å². The van der Waals surface area contributed by atoms with Crippen molar-refractivity contribution < 1.29 is 34.1 Å². The molecule has 32 heavy (non-hydrogen) atoms. The highest BCUT2D eigenvalue weighted by Gasteiger charge is 2.70. The van der Waals surface area contributed by atoms with E-state index in [4.69, 9.17) is 4.74 Å². The van der Waals surface area contributed by atoms with Crippen molar-refractivity contribution in [2.45, 2.75) is 49.4 Å². The minimum atomic E-state index is -1.64. The maximum atomic E-state index is 13.8. The summed E-state index contributed by atoms with van der Waals surface area (Å²) in [7, 11) is 0. The van der Waals surface area contributed by atoms with Gasteiger partial charge in [0.1, 0.15) is 39.9 Å². The van der Waals surface area contributed by atoms with Gasteiger partial charge in [-0.15, -0.1) is 0 Å². The lowest BCUT2D eigenvalue weighted by molar-refractivity contribution is -0.149. The van der Waals surface area contributed by atoms with E-state index < -0.39 is 50.9 Å². The second-order valence-corrected chi connectivity index (χ2v) is 9.74. The normalized spacial score (nSPS) is 26.3. The molecule has 1 aliphatic heterocycles. The van der Waals surface area contributed by atoms with Crippen LogP contribution in [0.1, 0.15) is 48.7 Å². The van der Waals surface area contributed by atoms with Gasteiger partial charge in [0.2, 0.25) is 0 Å². The fourth-order valence-corrected chi connectivity index (χ4v) is 6.14. The molecule has 0 aromatic heterocycles. The van der Waals surface area contributed by atoms with Crippen LogP contribution in [0.2, 0.25) is 0 Å². The van der Waals surface area contributed by atoms with Crippen molar-refractivity contribution in [2.75, 3.05) is 0 Å². The summed E-state index contributed by atoms with van der Waals surface area (Å²) in [5.74, 6) is -4.86. The molecule has 3 unspecified atom stereocenters. The standard InChI is InChI=1S/C24H22O7S/c1-11-19(28)17(13(3)26)21-18(20(11)29)23(4)22(30)16(12(2)25)15(27)10-24(23,31-21)32-14-8-6-5-7-9-14/h5-9,16,28-29H,10H2,1-4H3. The molecule has 0 saturated heterocycles. The summed E-state index contributed by atoms with van der Waals surface area (Å²) in [6, 6.07) is 8.96. The zero-order valence-corrected chi connectivity index (χ0v) is 18.8. The van der Waals surface area contributed by atoms with Crippen molar-refractivity contribution in [3.8, 4) is 17.2 Å². The third-order valence-electron chi connectivity index (χ3n) is 6.44. The second kappa shape index (κ2) is 7.20. The van der Waals surface area contributed by atoms with Crippen LogP contribution in [-0.2, 0) is 19.8 Å². The monoisotopic (exact) mass is 454 g/mol. The van der Waals surface area contributed by atoms with E-state index in [1.54, 1.807) is 24.3 Å². The highest BCUT2D eigenvalue weighted by atomic mass is 32.2. The number of carbonyl (C=O) groups excluding carboxylic acids is 4. The van der Waals surface area contributed by atoms with E-state index in [1.807, 2.05) is 6.07 Å². The highest BCUT2D eigenvalue weighted by Crippen LogP contribution is 2.65. The van der Waals surface area contributed by atoms with Crippen molar-refractivity contribution in [2.24, 2.45) is 5.92 Å². The fraction of sp³-hybridized carbons (Fsp3) is 0.333. The highest BCUT2D eigenvalue weighted by molar-refractivity contribution is 8.00. The van der Waals surface area contributed by atoms with Gasteiger partial charge in [-0.1, -0.05) is 30.0 Å². The number of aromatic hydroxyl groups is 2. The van der Waals surface area contributed by atoms with Gasteiger partial charge >= 0.3 is 0 Å². The maximum absolute atomic E-state index is 13.8. The van der Waals surface area contributed by atoms with E-state index in [0.717, 1.165) is 11.8 Å². The summed E-state index contributed by atoms with van der Waals surface area (Å²) >= 11 is 1.12. The van der Waals surface area contributed by atoms with E-state index in [0.29, 0.717) is 4.90 Å². The summed E-state index contributed by atoms with van der Waals surface area (Å²) in [6.45, 7) is 5.37. The zero-order valence-electron chi connectivity index (χ0n) is 18.0. The van der Waals surface area contributed by atoms with Gasteiger partial charge in [-0.2, -0.15) is 0 Å². The van der Waals surface area contributed by atoms with Gasteiger partial charge in [0.05, 0.1) is 12.0 Å². The Balaban J connectivity index is 2.07. The molecule has 0 spiro atoms. The van der Waals surface area contributed by atoms with Crippen LogP contribution in [0.5, 0.6) is 17.2 Å². The lowest BCUT2D eigenvalue weighted by atomic mass is 9.63. The molecule has 2 aromatic rings. The van der Waals surface area contributed by atoms with E-state index in [9.17, 15) is 29.4 Å². The molecular formula is C24H22O7S. The molecule has 2 aliphatic rings. The Morgan fingerprint density at radius 2 is 1.72 bits per heavy atom. The first-order valence-corrected chi connectivity index (χ1v) is 10.9. The molecule has 0 bridgehead atoms. The minimum absolute atomic E-state index is 0.0170. The number of hydrogen-bond acceptors (Lipinski definition) is 8. The summed E-state index contributed by atoms with van der Waals surface area (Å²) in [5, 5.41) is 21.6. The topological polar surface area (TPSA) is 118 Å². The van der Waals surface area contributed by atoms with Crippen LogP contribution in [0, 0.1) is 12.8 Å². The SMILES string of the molecule is CC(=O)c1c(O)c(C)c(O)c2c1OC1(Sc3ccccc3)CC(=O)C(C(C)=O)C(=O)C21C. The summed E-state index contributed by atoms with van der Waals surface area (Å²) in [5.41, 5.74) is -1.77. The molecule has 2 N–H and O–H groups in total. The number of thioether (sulfide) groups is 1. The van der Waals surface area contributed by atoms with Crippen LogP contribution >= 0.6 is 11.8 Å². The molecule has 7 nitrogen and oxygen atoms in total. The minimum Gasteiger partial charge on any atom is -0.507 e. The van der Waals surface area contributed by atoms with Crippen LogP contribution in [0.25, 0.3) is 0 Å². The number of phenolic OH excluding ortho intramolecular Hbond substituents is 2. The van der Waals surface area contributed by atoms with Crippen LogP contribution in [0.3, 0.4) is 0 Å². The van der Waals surface area contributed by atoms with E-state index in [-0.39, 0.29) is 28.9 Å². The Hall–Kier alpha value is -3.13. The van der Waals surface area contributed by atoms with E-state index in [2.05, 4.69) is 0 Å². The second-order valence-electron chi connectivity index (χ2n) is 8.40. The molecule has 3 atom stereocenters. The van der Waals surface area contributed by atoms with Crippen molar-refractivity contribution in [1.82, 2.24) is 0 Å². The average molecular weight is 455 g/mol. The van der Waals surface area contributed by atoms with Crippen LogP contribution in [-0.4, -0.2) is 38.3 Å². The van der Waals surface area contributed by atoms with E-state index >= 15 is 0 Å². The van der Waals surface area contributed by atoms with Crippen molar-refractivity contribution in [1.29, 1.82) is 0 Å². The molecule has 1 fully saturated rings. The molecule has 1 heterocycles. The first-order valence-electron chi connectivity index (χ1n) is 10.1. The first-order chi connectivity index (χ1) is 15.0. The number of phenols is 2. The number of benzene rings is 2. The summed E-state index contributed by atoms with van der Waals surface area (Å²) in [4.78, 5) is 50.6. The van der Waals surface area contributed by atoms with Gasteiger partial charge in [0.25, 0.3) is 0 Å². The van der Waals surface area contributed by atoms with Gasteiger partial charge in [-0.3, -0.25) is 19.2 Å². The Morgan fingerprint density at radius 3 is 2.28 bits per heavy atom. The lowest BCUT2D eigenvalue weighted by Crippen LogP contribution is -2.61. The number of hydrogen-bond donors (Lipinski definition) is 2. The number of ether oxygens (including phenoxy) is 1. The Morgan fingerprint density at radius 1 is 1.09 bits per heavy atom. The van der Waals surface area contributed by atoms with Gasteiger partial charge in [0.15, 0.2) is 22.3 Å². The van der Waals surface area contributed by atoms with E-state index in [1.165, 1.54) is 27.7 Å². The lowest BCUT2D eigenvalue weighted by Gasteiger charge is -2.45. The predicted molar refractivity (Wildman–Crippen MR) is 116 cm³/mol. The molecule has 8 heteroatoms. The number of fused-ring (bicyclic) bond motifs is 3. The first kappa shape index (κ1) is 22.1. The third kappa shape index (κ3) is 2.75. The number of rotatable bonds is 4. The fourth-order valence-electron chi connectivity index (χ4n) is 4.72. The Bertz CT molecular complexity index is 1200. The number of Topliss-reactive ketones (excluding diaryl/α,β-unsaturated/α-hetero) is 4. The third-order valence-corrected chi connectivity index (χ3v) is 7.91. The Kier molecular flexibility index (Phi) is 4.97. The predicted octanol–water partition coefficient (Wildman–Crippen LogP) is 3.49. The molecule has 2 aromatic carbocycles. The Labute approximate surface area is 188 Å². The number of carbonyl (C=O) groups is 4. The van der Waals surface area contributed by atoms with Crippen LogP contribution in [0.4, 0.5) is 0 Å². The molecule has 1 aliphatic carbocycles. The smallest absolute Gasteiger partial charge is 0.182 e. The van der Waals surface area contributed by atoms with Crippen LogP contribution < -0.4 is 4.74 Å². The van der Waals surface area contributed by atoms with Gasteiger partial charge in [-0.05, 0) is 39.8 Å². The number of ketones is 4. The zero-order chi connectivity index (χ0) is 23.6. The van der Waals surface area contributed by atoms with Gasteiger partial charge in [-0.25, -0.2) is 0 Å². The summed E-state index contributed by atoms with van der Waals surface area (Å²) in [6.07, 6.45) is -0.301. The maximum Gasteiger partial charge on any atom is 0.182 e. The van der Waals surface area contributed by atoms with Crippen LogP contribution in [0.15, 0.2) is 35.2 Å². The van der Waals surface area contributed by atoms with Crippen molar-refractivity contribution in [3.05, 3.63) is 47.0 Å². The van der Waals surface area contributed by atoms with Crippen molar-refractivity contribution in [3.63, 3.8) is 0 Å². The largest absolute Gasteiger partial charge is 0.507 e. The molecule has 166 valence electrons. The molecule has 0 radical (unpaired) electrons. The molecule has 4 rings (SSSR count). The molecule has 0 amide bonds. The van der Waals surface area contributed by atoms with Gasteiger partial charge in [0, 0.05) is 10.5 Å². The molecular weight excluding hydrogens is 432 g/mol. The summed E-state index contributed by atoms with van der Waals surface area (Å²) < 4.78 is 6.25. The van der Waals surface area contributed by atoms with Crippen molar-refractivity contribution >= 4 is 34.9 Å².